The summed E-state index contributed by atoms with van der Waals surface area (Å²) in [6.07, 6.45) is 2.72. The third-order valence-electron chi connectivity index (χ3n) is 5.37. The third kappa shape index (κ3) is 5.41. The summed E-state index contributed by atoms with van der Waals surface area (Å²) < 4.78 is 10.5. The van der Waals surface area contributed by atoms with Gasteiger partial charge in [0.2, 0.25) is 0 Å². The lowest BCUT2D eigenvalue weighted by atomic mass is 9.99. The minimum atomic E-state index is -0.633. The molecule has 1 aliphatic rings. The van der Waals surface area contributed by atoms with Crippen LogP contribution in [0.5, 0.6) is 0 Å². The number of nitrogens with zero attached hydrogens (tertiary/aromatic N) is 1. The number of hydrogen-bond donors (Lipinski definition) is 0. The number of aryl methyl sites for hydroxylation is 2. The molecule has 0 unspecified atom stereocenters. The Labute approximate surface area is 179 Å². The lowest BCUT2D eigenvalue weighted by molar-refractivity contribution is -0.146. The molecule has 0 aromatic heterocycles. The first-order valence-corrected chi connectivity index (χ1v) is 10.5. The van der Waals surface area contributed by atoms with Crippen LogP contribution in [-0.2, 0) is 27.1 Å². The van der Waals surface area contributed by atoms with E-state index in [9.17, 15) is 9.59 Å². The molecule has 1 amide bonds. The maximum Gasteiger partial charge on any atom is 0.411 e. The number of carbonyl (C=O) groups excluding carboxylic acids is 2. The summed E-state index contributed by atoms with van der Waals surface area (Å²) in [6.45, 7) is 5.47. The molecule has 30 heavy (non-hydrogen) atoms. The van der Waals surface area contributed by atoms with E-state index < -0.39 is 23.7 Å². The van der Waals surface area contributed by atoms with E-state index in [-0.39, 0.29) is 6.04 Å². The molecule has 0 saturated carbocycles. The summed E-state index contributed by atoms with van der Waals surface area (Å²) in [7, 11) is 1.35. The number of rotatable bonds is 5. The monoisotopic (exact) mass is 409 g/mol. The molecule has 2 aromatic carbocycles. The van der Waals surface area contributed by atoms with Crippen LogP contribution < -0.4 is 0 Å². The SMILES string of the molecule is COC(=O)[C@@H]1CC[C@H](c2ccc(CCc3ccccc3)cc2)N1C(=O)OC(C)(C)C. The Morgan fingerprint density at radius 1 is 0.933 bits per heavy atom. The van der Waals surface area contributed by atoms with Crippen molar-refractivity contribution in [1.29, 1.82) is 0 Å². The van der Waals surface area contributed by atoms with Gasteiger partial charge in [-0.1, -0.05) is 54.6 Å². The van der Waals surface area contributed by atoms with Crippen molar-refractivity contribution in [2.45, 2.75) is 64.1 Å². The Morgan fingerprint density at radius 2 is 1.53 bits per heavy atom. The van der Waals surface area contributed by atoms with Crippen LogP contribution in [0.3, 0.4) is 0 Å². The molecular formula is C25H31NO4. The lowest BCUT2D eigenvalue weighted by Gasteiger charge is -2.31. The van der Waals surface area contributed by atoms with E-state index in [4.69, 9.17) is 9.47 Å². The largest absolute Gasteiger partial charge is 0.467 e. The van der Waals surface area contributed by atoms with E-state index >= 15 is 0 Å². The second-order valence-electron chi connectivity index (χ2n) is 8.75. The molecule has 0 aliphatic carbocycles. The van der Waals surface area contributed by atoms with Gasteiger partial charge in [0.1, 0.15) is 11.6 Å². The Balaban J connectivity index is 1.75. The lowest BCUT2D eigenvalue weighted by Crippen LogP contribution is -2.44. The van der Waals surface area contributed by atoms with Gasteiger partial charge in [-0.2, -0.15) is 0 Å². The molecule has 0 spiro atoms. The first-order valence-electron chi connectivity index (χ1n) is 10.5. The molecule has 5 nitrogen and oxygen atoms in total. The van der Waals surface area contributed by atoms with Gasteiger partial charge in [-0.3, -0.25) is 4.90 Å². The van der Waals surface area contributed by atoms with Gasteiger partial charge in [0.25, 0.3) is 0 Å². The van der Waals surface area contributed by atoms with Crippen molar-refractivity contribution in [2.24, 2.45) is 0 Å². The first kappa shape index (κ1) is 21.9. The normalized spacial score (nSPS) is 18.9. The number of carbonyl (C=O) groups is 2. The van der Waals surface area contributed by atoms with Crippen molar-refractivity contribution in [1.82, 2.24) is 4.90 Å². The second kappa shape index (κ2) is 9.33. The average Bonchev–Trinajstić information content (AvgIpc) is 3.17. The van der Waals surface area contributed by atoms with Gasteiger partial charge in [-0.25, -0.2) is 9.59 Å². The van der Waals surface area contributed by atoms with Crippen LogP contribution in [0.2, 0.25) is 0 Å². The highest BCUT2D eigenvalue weighted by molar-refractivity contribution is 5.82. The van der Waals surface area contributed by atoms with E-state index in [2.05, 4.69) is 48.5 Å². The van der Waals surface area contributed by atoms with Crippen molar-refractivity contribution < 1.29 is 19.1 Å². The standard InChI is InChI=1S/C25H31NO4/c1-25(2,3)30-24(28)26-21(16-17-22(26)23(27)29-4)20-14-12-19(13-15-20)11-10-18-8-6-5-7-9-18/h5-9,12-15,21-22H,10-11,16-17H2,1-4H3/t21-,22+/m1/s1. The molecule has 1 aliphatic heterocycles. The van der Waals surface area contributed by atoms with Crippen LogP contribution in [0, 0.1) is 0 Å². The molecule has 160 valence electrons. The molecule has 0 bridgehead atoms. The van der Waals surface area contributed by atoms with Gasteiger partial charge in [0.15, 0.2) is 0 Å². The van der Waals surface area contributed by atoms with E-state index in [0.29, 0.717) is 12.8 Å². The second-order valence-corrected chi connectivity index (χ2v) is 8.75. The molecule has 0 radical (unpaired) electrons. The number of amides is 1. The Morgan fingerprint density at radius 3 is 2.10 bits per heavy atom. The number of esters is 1. The van der Waals surface area contributed by atoms with Gasteiger partial charge in [-0.15, -0.1) is 0 Å². The maximum absolute atomic E-state index is 12.9. The number of methoxy groups -OCH3 is 1. The molecule has 3 rings (SSSR count). The van der Waals surface area contributed by atoms with Crippen molar-refractivity contribution in [3.05, 3.63) is 71.3 Å². The molecule has 1 fully saturated rings. The average molecular weight is 410 g/mol. The number of likely N-dealkylation sites (tertiary alicyclic amines) is 1. The first-order chi connectivity index (χ1) is 14.3. The summed E-state index contributed by atoms with van der Waals surface area (Å²) in [5.74, 6) is -0.400. The van der Waals surface area contributed by atoms with Crippen LogP contribution in [0.4, 0.5) is 4.79 Å². The van der Waals surface area contributed by atoms with E-state index in [0.717, 1.165) is 18.4 Å². The summed E-state index contributed by atoms with van der Waals surface area (Å²) in [4.78, 5) is 26.7. The number of ether oxygens (including phenoxy) is 2. The van der Waals surface area contributed by atoms with E-state index in [1.54, 1.807) is 4.90 Å². The van der Waals surface area contributed by atoms with Crippen LogP contribution >= 0.6 is 0 Å². The molecule has 2 atom stereocenters. The van der Waals surface area contributed by atoms with Crippen LogP contribution in [0.1, 0.15) is 56.3 Å². The van der Waals surface area contributed by atoms with E-state index in [1.165, 1.54) is 18.2 Å². The van der Waals surface area contributed by atoms with Gasteiger partial charge in [-0.05, 0) is 63.1 Å². The Hall–Kier alpha value is -2.82. The van der Waals surface area contributed by atoms with Gasteiger partial charge >= 0.3 is 12.1 Å². The number of hydrogen-bond acceptors (Lipinski definition) is 4. The minimum absolute atomic E-state index is 0.202. The fraction of sp³-hybridized carbons (Fsp3) is 0.440. The summed E-state index contributed by atoms with van der Waals surface area (Å²) in [5, 5.41) is 0. The zero-order valence-corrected chi connectivity index (χ0v) is 18.3. The molecule has 5 heteroatoms. The Kier molecular flexibility index (Phi) is 6.80. The molecule has 1 saturated heterocycles. The van der Waals surface area contributed by atoms with Crippen molar-refractivity contribution >= 4 is 12.1 Å². The summed E-state index contributed by atoms with van der Waals surface area (Å²) in [5.41, 5.74) is 2.94. The predicted octanol–water partition coefficient (Wildman–Crippen LogP) is 5.09. The fourth-order valence-corrected chi connectivity index (χ4v) is 3.91. The molecule has 1 heterocycles. The predicted molar refractivity (Wildman–Crippen MR) is 116 cm³/mol. The van der Waals surface area contributed by atoms with E-state index in [1.807, 2.05) is 26.8 Å². The Bertz CT molecular complexity index is 855. The van der Waals surface area contributed by atoms with Crippen LogP contribution in [0.15, 0.2) is 54.6 Å². The third-order valence-corrected chi connectivity index (χ3v) is 5.37. The zero-order chi connectivity index (χ0) is 21.7. The van der Waals surface area contributed by atoms with Gasteiger partial charge in [0.05, 0.1) is 13.2 Å². The highest BCUT2D eigenvalue weighted by atomic mass is 16.6. The van der Waals surface area contributed by atoms with Crippen molar-refractivity contribution in [2.75, 3.05) is 7.11 Å². The minimum Gasteiger partial charge on any atom is -0.467 e. The quantitative estimate of drug-likeness (QED) is 0.646. The van der Waals surface area contributed by atoms with Gasteiger partial charge < -0.3 is 9.47 Å². The molecule has 2 aromatic rings. The number of benzene rings is 2. The zero-order valence-electron chi connectivity index (χ0n) is 18.3. The summed E-state index contributed by atoms with van der Waals surface area (Å²) in [6, 6.07) is 17.9. The topological polar surface area (TPSA) is 55.8 Å². The van der Waals surface area contributed by atoms with Crippen LogP contribution in [0.25, 0.3) is 0 Å². The summed E-state index contributed by atoms with van der Waals surface area (Å²) >= 11 is 0. The molecular weight excluding hydrogens is 378 g/mol. The van der Waals surface area contributed by atoms with Gasteiger partial charge in [0, 0.05) is 0 Å². The fourth-order valence-electron chi connectivity index (χ4n) is 3.91. The smallest absolute Gasteiger partial charge is 0.411 e. The van der Waals surface area contributed by atoms with Crippen molar-refractivity contribution in [3.8, 4) is 0 Å². The molecule has 0 N–H and O–H groups in total. The maximum atomic E-state index is 12.9. The van der Waals surface area contributed by atoms with Crippen LogP contribution in [-0.4, -0.2) is 35.7 Å². The van der Waals surface area contributed by atoms with Crippen molar-refractivity contribution in [3.63, 3.8) is 0 Å². The highest BCUT2D eigenvalue weighted by Crippen LogP contribution is 2.38. The highest BCUT2D eigenvalue weighted by Gasteiger charge is 2.44.